The summed E-state index contributed by atoms with van der Waals surface area (Å²) in [5.41, 5.74) is 7.32. The molecule has 0 aliphatic heterocycles. The van der Waals surface area contributed by atoms with Crippen LogP contribution in [0.1, 0.15) is 12.8 Å². The number of nitrogens with two attached hydrogens (primary N) is 1. The maximum Gasteiger partial charge on any atom is 0.219 e. The van der Waals surface area contributed by atoms with E-state index in [1.807, 2.05) is 18.2 Å². The van der Waals surface area contributed by atoms with E-state index >= 15 is 0 Å². The summed E-state index contributed by atoms with van der Waals surface area (Å²) in [4.78, 5) is 15.4. The van der Waals surface area contributed by atoms with Crippen LogP contribution in [-0.2, 0) is 4.79 Å². The predicted octanol–water partition coefficient (Wildman–Crippen LogP) is 1.72. The van der Waals surface area contributed by atoms with Crippen LogP contribution in [0, 0.1) is 0 Å². The molecule has 0 bridgehead atoms. The number of nitrogen functional groups attached to an aromatic ring is 1. The lowest BCUT2D eigenvalue weighted by atomic mass is 10.1. The van der Waals surface area contributed by atoms with Gasteiger partial charge in [0.25, 0.3) is 0 Å². The fourth-order valence-electron chi connectivity index (χ4n) is 1.83. The van der Waals surface area contributed by atoms with E-state index in [0.29, 0.717) is 30.9 Å². The maximum absolute atomic E-state index is 11.1. The highest BCUT2D eigenvalue weighted by atomic mass is 16.5. The Morgan fingerprint density at radius 1 is 1.42 bits per heavy atom. The Labute approximate surface area is 111 Å². The van der Waals surface area contributed by atoms with Crippen LogP contribution in [0.3, 0.4) is 0 Å². The number of hydrogen-bond acceptors (Lipinski definition) is 4. The first-order valence-electron chi connectivity index (χ1n) is 6.19. The molecule has 2 aromatic rings. The van der Waals surface area contributed by atoms with E-state index in [1.165, 1.54) is 0 Å². The standard InChI is InChI=1S/C14H17N3O2/c1-16-13(18)5-3-9-19-12-7-6-11(15)10-4-2-8-17-14(10)12/h2,4,6-8H,3,5,9,15H2,1H3,(H,16,18). The van der Waals surface area contributed by atoms with Gasteiger partial charge in [-0.05, 0) is 30.7 Å². The summed E-state index contributed by atoms with van der Waals surface area (Å²) in [6.45, 7) is 0.475. The van der Waals surface area contributed by atoms with Gasteiger partial charge in [0.15, 0.2) is 0 Å². The lowest BCUT2D eigenvalue weighted by molar-refractivity contribution is -0.120. The molecule has 1 heterocycles. The van der Waals surface area contributed by atoms with Crippen LogP contribution in [0.2, 0.25) is 0 Å². The molecule has 5 heteroatoms. The maximum atomic E-state index is 11.1. The molecule has 0 saturated heterocycles. The number of fused-ring (bicyclic) bond motifs is 1. The first-order chi connectivity index (χ1) is 9.22. The Morgan fingerprint density at radius 2 is 2.26 bits per heavy atom. The van der Waals surface area contributed by atoms with Crippen molar-refractivity contribution in [1.82, 2.24) is 10.3 Å². The van der Waals surface area contributed by atoms with Gasteiger partial charge in [0.1, 0.15) is 11.3 Å². The molecule has 5 nitrogen and oxygen atoms in total. The van der Waals surface area contributed by atoms with Crippen LogP contribution in [0.25, 0.3) is 10.9 Å². The lowest BCUT2D eigenvalue weighted by Crippen LogP contribution is -2.18. The van der Waals surface area contributed by atoms with Crippen molar-refractivity contribution >= 4 is 22.5 Å². The number of benzene rings is 1. The van der Waals surface area contributed by atoms with E-state index < -0.39 is 0 Å². The van der Waals surface area contributed by atoms with Crippen LogP contribution >= 0.6 is 0 Å². The van der Waals surface area contributed by atoms with Crippen molar-refractivity contribution in [2.45, 2.75) is 12.8 Å². The summed E-state index contributed by atoms with van der Waals surface area (Å²) in [5.74, 6) is 0.714. The summed E-state index contributed by atoms with van der Waals surface area (Å²) >= 11 is 0. The van der Waals surface area contributed by atoms with Gasteiger partial charge < -0.3 is 15.8 Å². The van der Waals surface area contributed by atoms with Crippen molar-refractivity contribution in [3.05, 3.63) is 30.5 Å². The third-order valence-corrected chi connectivity index (χ3v) is 2.85. The highest BCUT2D eigenvalue weighted by Crippen LogP contribution is 2.28. The van der Waals surface area contributed by atoms with Crippen molar-refractivity contribution in [1.29, 1.82) is 0 Å². The fourth-order valence-corrected chi connectivity index (χ4v) is 1.83. The summed E-state index contributed by atoms with van der Waals surface area (Å²) in [5, 5.41) is 3.46. The van der Waals surface area contributed by atoms with Crippen molar-refractivity contribution in [2.75, 3.05) is 19.4 Å². The number of carbonyl (C=O) groups is 1. The number of ether oxygens (including phenoxy) is 1. The molecule has 19 heavy (non-hydrogen) atoms. The van der Waals surface area contributed by atoms with E-state index in [0.717, 1.165) is 10.9 Å². The number of rotatable bonds is 5. The molecule has 0 fully saturated rings. The van der Waals surface area contributed by atoms with E-state index in [4.69, 9.17) is 10.5 Å². The number of pyridine rings is 1. The van der Waals surface area contributed by atoms with Crippen LogP contribution in [0.15, 0.2) is 30.5 Å². The summed E-state index contributed by atoms with van der Waals surface area (Å²) in [6.07, 6.45) is 2.83. The van der Waals surface area contributed by atoms with E-state index in [2.05, 4.69) is 10.3 Å². The fraction of sp³-hybridized carbons (Fsp3) is 0.286. The number of nitrogens with zero attached hydrogens (tertiary/aromatic N) is 1. The highest BCUT2D eigenvalue weighted by molar-refractivity contribution is 5.94. The van der Waals surface area contributed by atoms with Gasteiger partial charge in [0, 0.05) is 30.7 Å². The van der Waals surface area contributed by atoms with Crippen molar-refractivity contribution < 1.29 is 9.53 Å². The Kier molecular flexibility index (Phi) is 4.18. The van der Waals surface area contributed by atoms with E-state index in [9.17, 15) is 4.79 Å². The van der Waals surface area contributed by atoms with Gasteiger partial charge in [-0.1, -0.05) is 0 Å². The van der Waals surface area contributed by atoms with E-state index in [1.54, 1.807) is 19.3 Å². The molecule has 2 rings (SSSR count). The first-order valence-corrected chi connectivity index (χ1v) is 6.19. The Bertz CT molecular complexity index is 584. The smallest absolute Gasteiger partial charge is 0.219 e. The van der Waals surface area contributed by atoms with Crippen molar-refractivity contribution in [3.8, 4) is 5.75 Å². The molecule has 1 aromatic heterocycles. The normalized spacial score (nSPS) is 10.4. The number of carbonyl (C=O) groups excluding carboxylic acids is 1. The van der Waals surface area contributed by atoms with Gasteiger partial charge >= 0.3 is 0 Å². The largest absolute Gasteiger partial charge is 0.491 e. The van der Waals surface area contributed by atoms with Gasteiger partial charge in [0.05, 0.1) is 6.61 Å². The number of anilines is 1. The third kappa shape index (κ3) is 3.13. The van der Waals surface area contributed by atoms with Crippen LogP contribution in [-0.4, -0.2) is 24.5 Å². The monoisotopic (exact) mass is 259 g/mol. The van der Waals surface area contributed by atoms with Crippen LogP contribution in [0.4, 0.5) is 5.69 Å². The second-order valence-corrected chi connectivity index (χ2v) is 4.18. The number of aromatic nitrogens is 1. The number of amides is 1. The van der Waals surface area contributed by atoms with Crippen LogP contribution < -0.4 is 15.8 Å². The molecular formula is C14H17N3O2. The SMILES string of the molecule is CNC(=O)CCCOc1ccc(N)c2cccnc12. The average molecular weight is 259 g/mol. The zero-order chi connectivity index (χ0) is 13.7. The zero-order valence-electron chi connectivity index (χ0n) is 10.8. The van der Waals surface area contributed by atoms with E-state index in [-0.39, 0.29) is 5.91 Å². The minimum absolute atomic E-state index is 0.0175. The number of nitrogens with one attached hydrogen (secondary N) is 1. The Hall–Kier alpha value is -2.30. The molecule has 0 aliphatic carbocycles. The summed E-state index contributed by atoms with van der Waals surface area (Å²) in [7, 11) is 1.63. The van der Waals surface area contributed by atoms with Gasteiger partial charge in [-0.15, -0.1) is 0 Å². The van der Waals surface area contributed by atoms with Gasteiger partial charge in [-0.3, -0.25) is 9.78 Å². The molecule has 3 N–H and O–H groups in total. The molecule has 0 atom stereocenters. The summed E-state index contributed by atoms with van der Waals surface area (Å²) < 4.78 is 5.67. The minimum Gasteiger partial charge on any atom is -0.491 e. The number of hydrogen-bond donors (Lipinski definition) is 2. The average Bonchev–Trinajstić information content (AvgIpc) is 2.45. The van der Waals surface area contributed by atoms with Gasteiger partial charge in [-0.2, -0.15) is 0 Å². The van der Waals surface area contributed by atoms with Crippen LogP contribution in [0.5, 0.6) is 5.75 Å². The van der Waals surface area contributed by atoms with Crippen molar-refractivity contribution in [2.24, 2.45) is 0 Å². The van der Waals surface area contributed by atoms with Crippen molar-refractivity contribution in [3.63, 3.8) is 0 Å². The molecule has 0 aliphatic rings. The highest BCUT2D eigenvalue weighted by Gasteiger charge is 2.06. The van der Waals surface area contributed by atoms with Gasteiger partial charge in [0.2, 0.25) is 5.91 Å². The molecule has 100 valence electrons. The van der Waals surface area contributed by atoms with Gasteiger partial charge in [-0.25, -0.2) is 0 Å². The Morgan fingerprint density at radius 3 is 3.05 bits per heavy atom. The quantitative estimate of drug-likeness (QED) is 0.633. The molecule has 1 amide bonds. The lowest BCUT2D eigenvalue weighted by Gasteiger charge is -2.09. The molecular weight excluding hydrogens is 242 g/mol. The molecule has 0 saturated carbocycles. The third-order valence-electron chi connectivity index (χ3n) is 2.85. The minimum atomic E-state index is 0.0175. The molecule has 0 unspecified atom stereocenters. The zero-order valence-corrected chi connectivity index (χ0v) is 10.8. The first kappa shape index (κ1) is 13.1. The molecule has 1 aromatic carbocycles. The second-order valence-electron chi connectivity index (χ2n) is 4.18. The summed E-state index contributed by atoms with van der Waals surface area (Å²) in [6, 6.07) is 7.37. The second kappa shape index (κ2) is 6.04. The predicted molar refractivity (Wildman–Crippen MR) is 75.0 cm³/mol. The topological polar surface area (TPSA) is 77.2 Å². The Balaban J connectivity index is 2.05. The molecule has 0 radical (unpaired) electrons. The molecule has 0 spiro atoms.